The molecule has 1 aliphatic rings. The Morgan fingerprint density at radius 3 is 2.62 bits per heavy atom. The van der Waals surface area contributed by atoms with Crippen molar-refractivity contribution in [3.63, 3.8) is 0 Å². The predicted octanol–water partition coefficient (Wildman–Crippen LogP) is 1.13. The van der Waals surface area contributed by atoms with Gasteiger partial charge in [0.2, 0.25) is 5.95 Å². The standard InChI is InChI=1S/C16H23N7O/c1-11(24)14-17-6-5-13(21-14)23-8-7-22(9-16(23,3)4)15-19-10-18-12(2)20-15/h5-6,10-11,24H,7-9H2,1-4H3. The Morgan fingerprint density at radius 1 is 1.17 bits per heavy atom. The summed E-state index contributed by atoms with van der Waals surface area (Å²) in [6.45, 7) is 10.2. The van der Waals surface area contributed by atoms with E-state index in [2.05, 4.69) is 48.6 Å². The van der Waals surface area contributed by atoms with Crippen molar-refractivity contribution in [1.29, 1.82) is 0 Å². The van der Waals surface area contributed by atoms with Crippen LogP contribution < -0.4 is 9.80 Å². The van der Waals surface area contributed by atoms with Gasteiger partial charge in [0.25, 0.3) is 0 Å². The second-order valence-electron chi connectivity index (χ2n) is 6.67. The van der Waals surface area contributed by atoms with Gasteiger partial charge in [0.1, 0.15) is 24.1 Å². The highest BCUT2D eigenvalue weighted by atomic mass is 16.3. The molecular weight excluding hydrogens is 306 g/mol. The average molecular weight is 329 g/mol. The molecule has 3 heterocycles. The lowest BCUT2D eigenvalue weighted by Crippen LogP contribution is -2.60. The largest absolute Gasteiger partial charge is 0.385 e. The molecule has 1 unspecified atom stereocenters. The number of anilines is 2. The first kappa shape index (κ1) is 16.5. The summed E-state index contributed by atoms with van der Waals surface area (Å²) in [5, 5.41) is 9.72. The van der Waals surface area contributed by atoms with Crippen LogP contribution in [0.3, 0.4) is 0 Å². The molecule has 2 aromatic heterocycles. The van der Waals surface area contributed by atoms with E-state index in [1.165, 1.54) is 0 Å². The van der Waals surface area contributed by atoms with Gasteiger partial charge in [-0.05, 0) is 33.8 Å². The molecule has 0 spiro atoms. The first-order valence-corrected chi connectivity index (χ1v) is 8.06. The van der Waals surface area contributed by atoms with Gasteiger partial charge in [-0.2, -0.15) is 4.98 Å². The summed E-state index contributed by atoms with van der Waals surface area (Å²) in [4.78, 5) is 25.8. The monoisotopic (exact) mass is 329 g/mol. The molecule has 8 heteroatoms. The third-order valence-corrected chi connectivity index (χ3v) is 4.17. The lowest BCUT2D eigenvalue weighted by atomic mass is 9.99. The van der Waals surface area contributed by atoms with Crippen molar-refractivity contribution in [3.05, 3.63) is 30.2 Å². The molecule has 1 aliphatic heterocycles. The molecule has 24 heavy (non-hydrogen) atoms. The lowest BCUT2D eigenvalue weighted by molar-refractivity contribution is 0.188. The summed E-state index contributed by atoms with van der Waals surface area (Å²) < 4.78 is 0. The van der Waals surface area contributed by atoms with Crippen LogP contribution >= 0.6 is 0 Å². The quantitative estimate of drug-likeness (QED) is 0.896. The third-order valence-electron chi connectivity index (χ3n) is 4.17. The van der Waals surface area contributed by atoms with E-state index in [0.717, 1.165) is 31.3 Å². The highest BCUT2D eigenvalue weighted by molar-refractivity contribution is 5.46. The SMILES string of the molecule is Cc1ncnc(N2CCN(c3ccnc(C(C)O)n3)C(C)(C)C2)n1. The fourth-order valence-electron chi connectivity index (χ4n) is 2.98. The van der Waals surface area contributed by atoms with Gasteiger partial charge in [-0.15, -0.1) is 0 Å². The van der Waals surface area contributed by atoms with E-state index in [1.807, 2.05) is 13.0 Å². The zero-order valence-corrected chi connectivity index (χ0v) is 14.5. The molecule has 1 fully saturated rings. The number of aryl methyl sites for hydroxylation is 1. The Kier molecular flexibility index (Phi) is 4.31. The molecule has 0 aromatic carbocycles. The van der Waals surface area contributed by atoms with Crippen LogP contribution in [0.15, 0.2) is 18.6 Å². The van der Waals surface area contributed by atoms with Crippen molar-refractivity contribution in [2.75, 3.05) is 29.4 Å². The van der Waals surface area contributed by atoms with E-state index in [-0.39, 0.29) is 5.54 Å². The van der Waals surface area contributed by atoms with Crippen molar-refractivity contribution in [3.8, 4) is 0 Å². The number of nitrogens with zero attached hydrogens (tertiary/aromatic N) is 7. The number of aromatic nitrogens is 5. The normalized spacial score (nSPS) is 18.5. The topological polar surface area (TPSA) is 91.2 Å². The number of aliphatic hydroxyl groups excluding tert-OH is 1. The van der Waals surface area contributed by atoms with Crippen LogP contribution in [0.5, 0.6) is 0 Å². The minimum absolute atomic E-state index is 0.164. The Balaban J connectivity index is 1.83. The van der Waals surface area contributed by atoms with Gasteiger partial charge >= 0.3 is 0 Å². The fourth-order valence-corrected chi connectivity index (χ4v) is 2.98. The molecule has 128 valence electrons. The van der Waals surface area contributed by atoms with Gasteiger partial charge in [0.05, 0.1) is 5.54 Å². The molecule has 1 atom stereocenters. The van der Waals surface area contributed by atoms with Crippen molar-refractivity contribution >= 4 is 11.8 Å². The number of piperazine rings is 1. The van der Waals surface area contributed by atoms with Crippen LogP contribution in [0, 0.1) is 6.92 Å². The van der Waals surface area contributed by atoms with Crippen LogP contribution in [0.4, 0.5) is 11.8 Å². The van der Waals surface area contributed by atoms with Crippen molar-refractivity contribution in [2.45, 2.75) is 39.3 Å². The molecule has 0 aliphatic carbocycles. The summed E-state index contributed by atoms with van der Waals surface area (Å²) in [5.74, 6) is 2.70. The van der Waals surface area contributed by atoms with E-state index in [9.17, 15) is 5.11 Å². The van der Waals surface area contributed by atoms with E-state index in [1.54, 1.807) is 19.4 Å². The Bertz CT molecular complexity index is 719. The predicted molar refractivity (Wildman–Crippen MR) is 90.9 cm³/mol. The van der Waals surface area contributed by atoms with E-state index in [4.69, 9.17) is 0 Å². The van der Waals surface area contributed by atoms with Crippen LogP contribution in [-0.4, -0.2) is 55.2 Å². The maximum atomic E-state index is 9.72. The Labute approximate surface area is 141 Å². The first-order chi connectivity index (χ1) is 11.4. The zero-order valence-electron chi connectivity index (χ0n) is 14.5. The molecule has 0 amide bonds. The van der Waals surface area contributed by atoms with Crippen LogP contribution in [0.25, 0.3) is 0 Å². The van der Waals surface area contributed by atoms with Gasteiger partial charge in [-0.3, -0.25) is 0 Å². The molecule has 0 bridgehead atoms. The first-order valence-electron chi connectivity index (χ1n) is 8.06. The molecule has 0 saturated carbocycles. The second-order valence-corrected chi connectivity index (χ2v) is 6.67. The van der Waals surface area contributed by atoms with E-state index in [0.29, 0.717) is 11.8 Å². The van der Waals surface area contributed by atoms with E-state index < -0.39 is 6.10 Å². The van der Waals surface area contributed by atoms with Crippen molar-refractivity contribution < 1.29 is 5.11 Å². The van der Waals surface area contributed by atoms with Crippen LogP contribution in [-0.2, 0) is 0 Å². The van der Waals surface area contributed by atoms with Gasteiger partial charge in [0.15, 0.2) is 5.82 Å². The highest BCUT2D eigenvalue weighted by Crippen LogP contribution is 2.28. The van der Waals surface area contributed by atoms with Gasteiger partial charge in [-0.1, -0.05) is 0 Å². The minimum Gasteiger partial charge on any atom is -0.385 e. The van der Waals surface area contributed by atoms with Gasteiger partial charge in [0, 0.05) is 25.8 Å². The Morgan fingerprint density at radius 2 is 1.96 bits per heavy atom. The highest BCUT2D eigenvalue weighted by Gasteiger charge is 2.35. The lowest BCUT2D eigenvalue weighted by Gasteiger charge is -2.47. The molecule has 2 aromatic rings. The summed E-state index contributed by atoms with van der Waals surface area (Å²) in [6.07, 6.45) is 2.57. The fraction of sp³-hybridized carbons (Fsp3) is 0.562. The maximum absolute atomic E-state index is 9.72. The van der Waals surface area contributed by atoms with E-state index >= 15 is 0 Å². The summed E-state index contributed by atoms with van der Waals surface area (Å²) >= 11 is 0. The molecular formula is C16H23N7O. The van der Waals surface area contributed by atoms with Crippen LogP contribution in [0.2, 0.25) is 0 Å². The number of hydrogen-bond donors (Lipinski definition) is 1. The number of aliphatic hydroxyl groups is 1. The molecule has 0 radical (unpaired) electrons. The van der Waals surface area contributed by atoms with Crippen LogP contribution in [0.1, 0.15) is 38.5 Å². The summed E-state index contributed by atoms with van der Waals surface area (Å²) in [6, 6.07) is 1.89. The summed E-state index contributed by atoms with van der Waals surface area (Å²) in [7, 11) is 0. The zero-order chi connectivity index (χ0) is 17.3. The molecule has 1 N–H and O–H groups in total. The summed E-state index contributed by atoms with van der Waals surface area (Å²) in [5.41, 5.74) is -0.164. The Hall–Kier alpha value is -2.35. The third kappa shape index (κ3) is 3.28. The second kappa shape index (κ2) is 6.27. The molecule has 1 saturated heterocycles. The van der Waals surface area contributed by atoms with Crippen molar-refractivity contribution in [1.82, 2.24) is 24.9 Å². The number of rotatable bonds is 3. The van der Waals surface area contributed by atoms with Gasteiger partial charge in [-0.25, -0.2) is 19.9 Å². The minimum atomic E-state index is -0.678. The smallest absolute Gasteiger partial charge is 0.228 e. The van der Waals surface area contributed by atoms with Gasteiger partial charge < -0.3 is 14.9 Å². The molecule has 3 rings (SSSR count). The molecule has 8 nitrogen and oxygen atoms in total. The van der Waals surface area contributed by atoms with Crippen molar-refractivity contribution in [2.24, 2.45) is 0 Å². The maximum Gasteiger partial charge on any atom is 0.228 e. The number of hydrogen-bond acceptors (Lipinski definition) is 8. The average Bonchev–Trinajstić information content (AvgIpc) is 2.54.